The minimum Gasteiger partial charge on any atom is -0.497 e. The van der Waals surface area contributed by atoms with Gasteiger partial charge in [0.25, 0.3) is 0 Å². The smallest absolute Gasteiger partial charge is 0.243 e. The SMILES string of the molecule is COc1ccc(CC(=O)N2CCCC(=O)N[C@@H](CCSC)C(=O)N[C@H](C(C)C)c3nc(-c4ccccc4)nn3CC2)c(OC)c1. The second-order valence-electron chi connectivity index (χ2n) is 11.4. The predicted octanol–water partition coefficient (Wildman–Crippen LogP) is 3.88. The summed E-state index contributed by atoms with van der Waals surface area (Å²) in [6.07, 6.45) is 3.24. The largest absolute Gasteiger partial charge is 0.497 e. The van der Waals surface area contributed by atoms with Crippen molar-refractivity contribution in [3.63, 3.8) is 0 Å². The van der Waals surface area contributed by atoms with Crippen LogP contribution in [0.5, 0.6) is 11.5 Å². The zero-order valence-corrected chi connectivity index (χ0v) is 27.6. The number of methoxy groups -OCH3 is 2. The number of benzene rings is 2. The summed E-state index contributed by atoms with van der Waals surface area (Å²) in [6.45, 7) is 5.11. The molecular weight excluding hydrogens is 592 g/mol. The minimum absolute atomic E-state index is 0.0226. The van der Waals surface area contributed by atoms with Crippen molar-refractivity contribution in [1.82, 2.24) is 30.3 Å². The fraction of sp³-hybridized carbons (Fsp3) is 0.485. The maximum atomic E-state index is 13.8. The third-order valence-corrected chi connectivity index (χ3v) is 8.48. The first-order valence-corrected chi connectivity index (χ1v) is 16.7. The van der Waals surface area contributed by atoms with E-state index in [1.807, 2.05) is 61.2 Å². The van der Waals surface area contributed by atoms with E-state index in [9.17, 15) is 14.4 Å². The van der Waals surface area contributed by atoms with E-state index >= 15 is 0 Å². The van der Waals surface area contributed by atoms with E-state index in [1.165, 1.54) is 0 Å². The van der Waals surface area contributed by atoms with E-state index in [-0.39, 0.29) is 36.5 Å². The molecule has 3 aromatic rings. The van der Waals surface area contributed by atoms with Gasteiger partial charge in [0.15, 0.2) is 11.6 Å². The summed E-state index contributed by atoms with van der Waals surface area (Å²) < 4.78 is 12.7. The summed E-state index contributed by atoms with van der Waals surface area (Å²) >= 11 is 1.62. The lowest BCUT2D eigenvalue weighted by molar-refractivity contribution is -0.131. The Morgan fingerprint density at radius 2 is 1.82 bits per heavy atom. The summed E-state index contributed by atoms with van der Waals surface area (Å²) in [4.78, 5) is 47.0. The molecule has 3 amide bonds. The molecule has 1 aliphatic rings. The van der Waals surface area contributed by atoms with E-state index in [4.69, 9.17) is 19.6 Å². The summed E-state index contributed by atoms with van der Waals surface area (Å²) in [5.41, 5.74) is 1.60. The molecule has 242 valence electrons. The first kappa shape index (κ1) is 33.8. The zero-order chi connectivity index (χ0) is 32.3. The van der Waals surface area contributed by atoms with Crippen LogP contribution in [0.15, 0.2) is 48.5 Å². The quantitative estimate of drug-likeness (QED) is 0.363. The van der Waals surface area contributed by atoms with Gasteiger partial charge in [0.1, 0.15) is 17.5 Å². The van der Waals surface area contributed by atoms with Gasteiger partial charge in [-0.25, -0.2) is 9.67 Å². The lowest BCUT2D eigenvalue weighted by atomic mass is 10.0. The Kier molecular flexibility index (Phi) is 12.3. The third-order valence-electron chi connectivity index (χ3n) is 7.84. The van der Waals surface area contributed by atoms with Crippen LogP contribution in [0, 0.1) is 5.92 Å². The molecule has 0 unspecified atom stereocenters. The van der Waals surface area contributed by atoms with Crippen LogP contribution < -0.4 is 20.1 Å². The molecule has 2 aromatic carbocycles. The van der Waals surface area contributed by atoms with Crippen LogP contribution in [0.25, 0.3) is 11.4 Å². The standard InChI is InChI=1S/C33H44N6O5S/c1-22(2)30-32-36-31(23-10-7-6-8-11-23)37-39(32)18-17-38(29(41)20-24-13-14-25(43-3)21-27(24)44-4)16-9-12-28(40)34-26(15-19-45-5)33(42)35-30/h6-8,10-11,13-14,21-22,26,30H,9,12,15-20H2,1-5H3,(H,34,40)(H,35,42)/t26-,30+/m0/s1. The number of thioether (sulfide) groups is 1. The van der Waals surface area contributed by atoms with E-state index in [1.54, 1.807) is 43.0 Å². The fourth-order valence-electron chi connectivity index (χ4n) is 5.29. The normalized spacial score (nSPS) is 18.0. The van der Waals surface area contributed by atoms with Gasteiger partial charge in [-0.1, -0.05) is 50.2 Å². The number of carbonyl (C=O) groups is 3. The Labute approximate surface area is 269 Å². The molecule has 0 bridgehead atoms. The second kappa shape index (κ2) is 16.3. The van der Waals surface area contributed by atoms with Crippen LogP contribution >= 0.6 is 11.8 Å². The predicted molar refractivity (Wildman–Crippen MR) is 175 cm³/mol. The number of ether oxygens (including phenoxy) is 2. The summed E-state index contributed by atoms with van der Waals surface area (Å²) in [5, 5.41) is 11.0. The summed E-state index contributed by atoms with van der Waals surface area (Å²) in [5.74, 6) is 2.51. The molecule has 0 fully saturated rings. The van der Waals surface area contributed by atoms with Crippen LogP contribution in [0.2, 0.25) is 0 Å². The number of nitrogens with zero attached hydrogens (tertiary/aromatic N) is 4. The molecule has 0 aliphatic carbocycles. The van der Waals surface area contributed by atoms with Gasteiger partial charge in [0.05, 0.1) is 33.2 Å². The van der Waals surface area contributed by atoms with Gasteiger partial charge >= 0.3 is 0 Å². The van der Waals surface area contributed by atoms with Crippen LogP contribution in [0.3, 0.4) is 0 Å². The average molecular weight is 637 g/mol. The van der Waals surface area contributed by atoms with Crippen molar-refractivity contribution >= 4 is 29.5 Å². The monoisotopic (exact) mass is 636 g/mol. The van der Waals surface area contributed by atoms with Crippen LogP contribution in [0.4, 0.5) is 0 Å². The molecule has 0 saturated heterocycles. The topological polar surface area (TPSA) is 128 Å². The van der Waals surface area contributed by atoms with Crippen molar-refractivity contribution in [2.24, 2.45) is 5.92 Å². The number of aromatic nitrogens is 3. The Morgan fingerprint density at radius 3 is 2.51 bits per heavy atom. The first-order valence-electron chi connectivity index (χ1n) is 15.3. The molecule has 4 rings (SSSR count). The van der Waals surface area contributed by atoms with Crippen molar-refractivity contribution in [3.8, 4) is 22.9 Å². The maximum Gasteiger partial charge on any atom is 0.243 e. The zero-order valence-electron chi connectivity index (χ0n) is 26.7. The molecule has 12 heteroatoms. The van der Waals surface area contributed by atoms with Crippen LogP contribution in [-0.2, 0) is 27.3 Å². The van der Waals surface area contributed by atoms with Crippen LogP contribution in [0.1, 0.15) is 50.5 Å². The molecular formula is C33H44N6O5S. The minimum atomic E-state index is -0.681. The Bertz CT molecular complexity index is 1450. The second-order valence-corrected chi connectivity index (χ2v) is 12.3. The van der Waals surface area contributed by atoms with E-state index in [0.29, 0.717) is 55.6 Å². The molecule has 1 aromatic heterocycles. The molecule has 11 nitrogen and oxygen atoms in total. The number of hydrogen-bond donors (Lipinski definition) is 2. The summed E-state index contributed by atoms with van der Waals surface area (Å²) in [6, 6.07) is 13.9. The van der Waals surface area contributed by atoms with E-state index in [2.05, 4.69) is 10.6 Å². The van der Waals surface area contributed by atoms with Gasteiger partial charge < -0.3 is 25.0 Å². The highest BCUT2D eigenvalue weighted by Crippen LogP contribution is 2.27. The van der Waals surface area contributed by atoms with E-state index < -0.39 is 12.1 Å². The number of fused-ring (bicyclic) bond motifs is 1. The van der Waals surface area contributed by atoms with Gasteiger partial charge in [-0.3, -0.25) is 14.4 Å². The van der Waals surface area contributed by atoms with E-state index in [0.717, 1.165) is 16.9 Å². The fourth-order valence-corrected chi connectivity index (χ4v) is 5.76. The average Bonchev–Trinajstić information content (AvgIpc) is 3.47. The van der Waals surface area contributed by atoms with Crippen molar-refractivity contribution < 1.29 is 23.9 Å². The van der Waals surface area contributed by atoms with Crippen molar-refractivity contribution in [3.05, 3.63) is 59.9 Å². The van der Waals surface area contributed by atoms with Gasteiger partial charge in [0.2, 0.25) is 17.7 Å². The number of hydrogen-bond acceptors (Lipinski definition) is 8. The summed E-state index contributed by atoms with van der Waals surface area (Å²) in [7, 11) is 3.15. The van der Waals surface area contributed by atoms with Gasteiger partial charge in [-0.2, -0.15) is 16.9 Å². The highest BCUT2D eigenvalue weighted by atomic mass is 32.2. The molecule has 1 aliphatic heterocycles. The Hall–Kier alpha value is -4.06. The molecule has 2 heterocycles. The maximum absolute atomic E-state index is 13.8. The number of nitrogens with one attached hydrogen (secondary N) is 2. The molecule has 45 heavy (non-hydrogen) atoms. The van der Waals surface area contributed by atoms with Crippen molar-refractivity contribution in [1.29, 1.82) is 0 Å². The molecule has 2 atom stereocenters. The van der Waals surface area contributed by atoms with Gasteiger partial charge in [-0.05, 0) is 36.8 Å². The Morgan fingerprint density at radius 1 is 1.04 bits per heavy atom. The van der Waals surface area contributed by atoms with Crippen molar-refractivity contribution in [2.45, 2.75) is 58.2 Å². The lowest BCUT2D eigenvalue weighted by Gasteiger charge is -2.28. The molecule has 0 radical (unpaired) electrons. The number of rotatable bonds is 9. The number of amides is 3. The first-order chi connectivity index (χ1) is 21.7. The van der Waals surface area contributed by atoms with Gasteiger partial charge in [0, 0.05) is 36.7 Å². The third kappa shape index (κ3) is 9.00. The highest BCUT2D eigenvalue weighted by molar-refractivity contribution is 7.98. The van der Waals surface area contributed by atoms with Crippen LogP contribution in [-0.4, -0.2) is 82.7 Å². The lowest BCUT2D eigenvalue weighted by Crippen LogP contribution is -2.49. The van der Waals surface area contributed by atoms with Crippen molar-refractivity contribution in [2.75, 3.05) is 39.3 Å². The highest BCUT2D eigenvalue weighted by Gasteiger charge is 2.30. The van der Waals surface area contributed by atoms with Gasteiger partial charge in [-0.15, -0.1) is 0 Å². The Balaban J connectivity index is 1.69. The molecule has 0 saturated carbocycles. The number of carbonyl (C=O) groups excluding carboxylic acids is 3. The molecule has 0 spiro atoms. The molecule has 2 N–H and O–H groups in total.